The lowest BCUT2D eigenvalue weighted by atomic mass is 10.0. The second kappa shape index (κ2) is 4.93. The molecule has 0 aliphatic heterocycles. The predicted molar refractivity (Wildman–Crippen MR) is 60.9 cm³/mol. The Hall–Kier alpha value is -0.940. The molecular weight excluding hydrogens is 206 g/mol. The molecule has 0 radical (unpaired) electrons. The molecule has 2 N–H and O–H groups in total. The minimum Gasteiger partial charge on any atom is -0.371 e. The summed E-state index contributed by atoms with van der Waals surface area (Å²) in [7, 11) is 1.62. The average Bonchev–Trinajstić information content (AvgIpc) is 2.66. The monoisotopic (exact) mass is 227 g/mol. The van der Waals surface area contributed by atoms with Crippen molar-refractivity contribution in [3.63, 3.8) is 0 Å². The molecule has 0 aliphatic rings. The van der Waals surface area contributed by atoms with Crippen LogP contribution in [0.2, 0.25) is 0 Å². The number of ether oxygens (including phenoxy) is 1. The fraction of sp³-hybridized carbons (Fsp3) is 0.818. The first-order valence-corrected chi connectivity index (χ1v) is 5.50. The average molecular weight is 227 g/mol. The molecule has 0 bridgehead atoms. The van der Waals surface area contributed by atoms with Crippen LogP contribution in [0.3, 0.4) is 0 Å². The first-order valence-electron chi connectivity index (χ1n) is 5.50. The number of nitrogens with two attached hydrogens (primary N) is 1. The summed E-state index contributed by atoms with van der Waals surface area (Å²) in [6.45, 7) is 7.93. The molecule has 0 amide bonds. The van der Waals surface area contributed by atoms with E-state index < -0.39 is 5.60 Å². The molecule has 1 rings (SSSR count). The van der Waals surface area contributed by atoms with Crippen LogP contribution in [0.25, 0.3) is 0 Å². The van der Waals surface area contributed by atoms with Gasteiger partial charge >= 0.3 is 0 Å². The Labute approximate surface area is 96.4 Å². The van der Waals surface area contributed by atoms with Gasteiger partial charge in [-0.2, -0.15) is 4.98 Å². The quantitative estimate of drug-likeness (QED) is 0.824. The Balaban J connectivity index is 2.72. The molecule has 92 valence electrons. The fourth-order valence-corrected chi connectivity index (χ4v) is 1.11. The van der Waals surface area contributed by atoms with Crippen LogP contribution in [0.15, 0.2) is 4.52 Å². The van der Waals surface area contributed by atoms with E-state index in [1.807, 2.05) is 13.8 Å². The smallest absolute Gasteiger partial charge is 0.228 e. The predicted octanol–water partition coefficient (Wildman–Crippen LogP) is 1.48. The van der Waals surface area contributed by atoms with E-state index in [4.69, 9.17) is 15.0 Å². The maximum absolute atomic E-state index is 5.94. The van der Waals surface area contributed by atoms with E-state index >= 15 is 0 Å². The van der Waals surface area contributed by atoms with Crippen LogP contribution in [0, 0.1) is 5.92 Å². The minimum absolute atomic E-state index is 0.0407. The molecule has 0 aliphatic carbocycles. The maximum atomic E-state index is 5.94. The molecule has 0 fully saturated rings. The number of hydrogen-bond acceptors (Lipinski definition) is 5. The molecule has 1 unspecified atom stereocenters. The van der Waals surface area contributed by atoms with Crippen molar-refractivity contribution in [2.45, 2.75) is 45.8 Å². The number of rotatable bonds is 5. The zero-order valence-corrected chi connectivity index (χ0v) is 10.7. The van der Waals surface area contributed by atoms with Crippen LogP contribution in [-0.4, -0.2) is 23.3 Å². The van der Waals surface area contributed by atoms with Crippen LogP contribution in [-0.2, 0) is 16.8 Å². The highest BCUT2D eigenvalue weighted by Gasteiger charge is 2.26. The lowest BCUT2D eigenvalue weighted by molar-refractivity contribution is 0.00973. The first-order chi connectivity index (χ1) is 7.36. The standard InChI is InChI=1S/C11H21N3O2/c1-7(2)8(12)6-9-13-10(14-16-9)11(3,4)15-5/h7-8H,6,12H2,1-5H3. The molecule has 1 atom stereocenters. The van der Waals surface area contributed by atoms with Crippen molar-refractivity contribution >= 4 is 0 Å². The molecule has 0 aromatic carbocycles. The third-order valence-electron chi connectivity index (χ3n) is 2.78. The lowest BCUT2D eigenvalue weighted by Gasteiger charge is -2.17. The second-order valence-corrected chi connectivity index (χ2v) is 4.84. The zero-order chi connectivity index (χ0) is 12.3. The van der Waals surface area contributed by atoms with E-state index in [1.165, 1.54) is 0 Å². The highest BCUT2D eigenvalue weighted by Crippen LogP contribution is 2.20. The highest BCUT2D eigenvalue weighted by molar-refractivity contribution is 4.98. The van der Waals surface area contributed by atoms with E-state index in [0.29, 0.717) is 24.1 Å². The normalized spacial score (nSPS) is 14.4. The van der Waals surface area contributed by atoms with E-state index in [2.05, 4.69) is 24.0 Å². The van der Waals surface area contributed by atoms with E-state index in [1.54, 1.807) is 7.11 Å². The molecule has 5 nitrogen and oxygen atoms in total. The fourth-order valence-electron chi connectivity index (χ4n) is 1.11. The SMILES string of the molecule is COC(C)(C)c1noc(CC(N)C(C)C)n1. The number of aromatic nitrogens is 2. The Kier molecular flexibility index (Phi) is 4.04. The Bertz CT molecular complexity index is 334. The summed E-state index contributed by atoms with van der Waals surface area (Å²) >= 11 is 0. The van der Waals surface area contributed by atoms with Gasteiger partial charge in [0.2, 0.25) is 11.7 Å². The van der Waals surface area contributed by atoms with Gasteiger partial charge in [0, 0.05) is 19.6 Å². The van der Waals surface area contributed by atoms with E-state index in [0.717, 1.165) is 0 Å². The summed E-state index contributed by atoms with van der Waals surface area (Å²) < 4.78 is 10.4. The topological polar surface area (TPSA) is 74.2 Å². The van der Waals surface area contributed by atoms with Gasteiger partial charge in [-0.15, -0.1) is 0 Å². The zero-order valence-electron chi connectivity index (χ0n) is 10.7. The number of nitrogens with zero attached hydrogens (tertiary/aromatic N) is 2. The molecular formula is C11H21N3O2. The van der Waals surface area contributed by atoms with Crippen LogP contribution in [0.4, 0.5) is 0 Å². The van der Waals surface area contributed by atoms with Crippen LogP contribution in [0.5, 0.6) is 0 Å². The van der Waals surface area contributed by atoms with Crippen LogP contribution >= 0.6 is 0 Å². The minimum atomic E-state index is -0.524. The van der Waals surface area contributed by atoms with Crippen molar-refractivity contribution < 1.29 is 9.26 Å². The Morgan fingerprint density at radius 1 is 1.44 bits per heavy atom. The summed E-state index contributed by atoms with van der Waals surface area (Å²) in [5, 5.41) is 3.90. The molecule has 1 heterocycles. The Morgan fingerprint density at radius 3 is 2.56 bits per heavy atom. The van der Waals surface area contributed by atoms with Gasteiger partial charge in [0.1, 0.15) is 5.60 Å². The van der Waals surface area contributed by atoms with Gasteiger partial charge in [0.15, 0.2) is 0 Å². The third kappa shape index (κ3) is 3.02. The van der Waals surface area contributed by atoms with Crippen LogP contribution in [0.1, 0.15) is 39.4 Å². The number of hydrogen-bond donors (Lipinski definition) is 1. The molecule has 1 aromatic heterocycles. The van der Waals surface area contributed by atoms with Gasteiger partial charge in [-0.1, -0.05) is 19.0 Å². The summed E-state index contributed by atoms with van der Waals surface area (Å²) in [6.07, 6.45) is 0.602. The van der Waals surface area contributed by atoms with E-state index in [9.17, 15) is 0 Å². The van der Waals surface area contributed by atoms with Crippen molar-refractivity contribution in [2.75, 3.05) is 7.11 Å². The van der Waals surface area contributed by atoms with Gasteiger partial charge in [-0.05, 0) is 19.8 Å². The van der Waals surface area contributed by atoms with Crippen molar-refractivity contribution in [2.24, 2.45) is 11.7 Å². The molecule has 16 heavy (non-hydrogen) atoms. The Morgan fingerprint density at radius 2 is 2.06 bits per heavy atom. The van der Waals surface area contributed by atoms with Crippen molar-refractivity contribution in [3.05, 3.63) is 11.7 Å². The molecule has 0 saturated heterocycles. The van der Waals surface area contributed by atoms with Crippen molar-refractivity contribution in [1.29, 1.82) is 0 Å². The summed E-state index contributed by atoms with van der Waals surface area (Å²) in [6, 6.07) is 0.0407. The lowest BCUT2D eigenvalue weighted by Crippen LogP contribution is -2.29. The largest absolute Gasteiger partial charge is 0.371 e. The summed E-state index contributed by atoms with van der Waals surface area (Å²) in [4.78, 5) is 4.29. The van der Waals surface area contributed by atoms with Gasteiger partial charge < -0.3 is 15.0 Å². The first kappa shape index (κ1) is 13.1. The van der Waals surface area contributed by atoms with Gasteiger partial charge in [-0.25, -0.2) is 0 Å². The second-order valence-electron chi connectivity index (χ2n) is 4.84. The molecule has 5 heteroatoms. The third-order valence-corrected chi connectivity index (χ3v) is 2.78. The van der Waals surface area contributed by atoms with Gasteiger partial charge in [-0.3, -0.25) is 0 Å². The van der Waals surface area contributed by atoms with E-state index in [-0.39, 0.29) is 6.04 Å². The summed E-state index contributed by atoms with van der Waals surface area (Å²) in [5.74, 6) is 1.52. The highest BCUT2D eigenvalue weighted by atomic mass is 16.5. The van der Waals surface area contributed by atoms with Gasteiger partial charge in [0.05, 0.1) is 0 Å². The molecule has 1 aromatic rings. The maximum Gasteiger partial charge on any atom is 0.228 e. The van der Waals surface area contributed by atoms with Crippen molar-refractivity contribution in [3.8, 4) is 0 Å². The van der Waals surface area contributed by atoms with Crippen LogP contribution < -0.4 is 5.73 Å². The number of methoxy groups -OCH3 is 1. The summed E-state index contributed by atoms with van der Waals surface area (Å²) in [5.41, 5.74) is 5.42. The van der Waals surface area contributed by atoms with Crippen molar-refractivity contribution in [1.82, 2.24) is 10.1 Å². The molecule has 0 saturated carbocycles. The van der Waals surface area contributed by atoms with Gasteiger partial charge in [0.25, 0.3) is 0 Å². The molecule has 0 spiro atoms.